The number of aromatic nitrogens is 1. The van der Waals surface area contributed by atoms with Crippen LogP contribution < -0.4 is 5.73 Å². The molecule has 0 aliphatic carbocycles. The van der Waals surface area contributed by atoms with Crippen molar-refractivity contribution >= 4 is 23.1 Å². The second-order valence-electron chi connectivity index (χ2n) is 5.34. The number of aryl methyl sites for hydroxylation is 1. The molecule has 0 saturated heterocycles. The highest BCUT2D eigenvalue weighted by atomic mass is 32.1. The largest absolute Gasteiger partial charge is 0.467 e. The first-order valence-corrected chi connectivity index (χ1v) is 8.33. The Labute approximate surface area is 151 Å². The highest BCUT2D eigenvalue weighted by Crippen LogP contribution is 2.18. The molecule has 26 heavy (non-hydrogen) atoms. The molecule has 142 valence electrons. The van der Waals surface area contributed by atoms with Gasteiger partial charge in [0.1, 0.15) is 18.1 Å². The van der Waals surface area contributed by atoms with Crippen LogP contribution in [0, 0.1) is 6.92 Å². The SMILES string of the molecule is Cc1nc(CC(N)=NOCC(=O)N(Cc2ccco2)CC(F)(F)F)cs1. The fourth-order valence-electron chi connectivity index (χ4n) is 2.01. The third-order valence-corrected chi connectivity index (χ3v) is 3.87. The van der Waals surface area contributed by atoms with Gasteiger partial charge in [0, 0.05) is 5.38 Å². The molecule has 0 atom stereocenters. The predicted octanol–water partition coefficient (Wildman–Crippen LogP) is 2.47. The van der Waals surface area contributed by atoms with Crippen LogP contribution in [0.3, 0.4) is 0 Å². The average Bonchev–Trinajstić information content (AvgIpc) is 3.17. The molecule has 0 bridgehead atoms. The van der Waals surface area contributed by atoms with E-state index in [2.05, 4.69) is 10.1 Å². The summed E-state index contributed by atoms with van der Waals surface area (Å²) in [4.78, 5) is 21.6. The first-order valence-electron chi connectivity index (χ1n) is 7.45. The van der Waals surface area contributed by atoms with Crippen LogP contribution in [0.15, 0.2) is 33.3 Å². The predicted molar refractivity (Wildman–Crippen MR) is 88.3 cm³/mol. The number of amides is 1. The van der Waals surface area contributed by atoms with Gasteiger partial charge in [-0.1, -0.05) is 5.16 Å². The Balaban J connectivity index is 1.89. The van der Waals surface area contributed by atoms with Gasteiger partial charge in [-0.2, -0.15) is 13.2 Å². The highest BCUT2D eigenvalue weighted by molar-refractivity contribution is 7.09. The summed E-state index contributed by atoms with van der Waals surface area (Å²) in [5, 5.41) is 6.22. The van der Waals surface area contributed by atoms with Crippen molar-refractivity contribution in [3.8, 4) is 0 Å². The van der Waals surface area contributed by atoms with E-state index in [-0.39, 0.29) is 24.6 Å². The topological polar surface area (TPSA) is 93.9 Å². The number of hydrogen-bond acceptors (Lipinski definition) is 6. The zero-order valence-corrected chi connectivity index (χ0v) is 14.6. The minimum atomic E-state index is -4.55. The van der Waals surface area contributed by atoms with E-state index < -0.39 is 25.2 Å². The number of rotatable bonds is 8. The smallest absolute Gasteiger partial charge is 0.406 e. The Bertz CT molecular complexity index is 744. The Morgan fingerprint density at radius 2 is 2.27 bits per heavy atom. The van der Waals surface area contributed by atoms with Crippen LogP contribution in [-0.2, 0) is 22.6 Å². The maximum absolute atomic E-state index is 12.7. The Kier molecular flexibility index (Phi) is 6.61. The van der Waals surface area contributed by atoms with Crippen LogP contribution >= 0.6 is 11.3 Å². The quantitative estimate of drug-likeness (QED) is 0.425. The lowest BCUT2D eigenvalue weighted by Gasteiger charge is -2.22. The fourth-order valence-corrected chi connectivity index (χ4v) is 2.62. The van der Waals surface area contributed by atoms with Crippen LogP contribution in [-0.4, -0.2) is 41.0 Å². The number of alkyl halides is 3. The van der Waals surface area contributed by atoms with E-state index >= 15 is 0 Å². The van der Waals surface area contributed by atoms with Gasteiger partial charge in [-0.05, 0) is 19.1 Å². The summed E-state index contributed by atoms with van der Waals surface area (Å²) in [5.74, 6) is -0.596. The molecule has 0 unspecified atom stereocenters. The molecule has 2 aromatic heterocycles. The maximum Gasteiger partial charge on any atom is 0.406 e. The molecule has 1 amide bonds. The Morgan fingerprint density at radius 1 is 1.50 bits per heavy atom. The molecular formula is C15H17F3N4O3S. The van der Waals surface area contributed by atoms with Crippen molar-refractivity contribution in [2.75, 3.05) is 13.2 Å². The van der Waals surface area contributed by atoms with E-state index in [0.29, 0.717) is 10.6 Å². The number of furan rings is 1. The number of carbonyl (C=O) groups is 1. The van der Waals surface area contributed by atoms with Gasteiger partial charge < -0.3 is 19.9 Å². The van der Waals surface area contributed by atoms with Crippen LogP contribution in [0.25, 0.3) is 0 Å². The third kappa shape index (κ3) is 6.75. The minimum absolute atomic E-state index is 0.0662. The van der Waals surface area contributed by atoms with Crippen molar-refractivity contribution in [3.05, 3.63) is 40.2 Å². The van der Waals surface area contributed by atoms with E-state index in [1.54, 1.807) is 5.38 Å². The van der Waals surface area contributed by atoms with E-state index in [4.69, 9.17) is 15.0 Å². The van der Waals surface area contributed by atoms with Crippen molar-refractivity contribution in [2.24, 2.45) is 10.9 Å². The molecule has 7 nitrogen and oxygen atoms in total. The van der Waals surface area contributed by atoms with Crippen molar-refractivity contribution in [2.45, 2.75) is 26.1 Å². The second-order valence-corrected chi connectivity index (χ2v) is 6.40. The molecule has 2 rings (SSSR count). The summed E-state index contributed by atoms with van der Waals surface area (Å²) in [5.41, 5.74) is 6.35. The molecule has 2 heterocycles. The summed E-state index contributed by atoms with van der Waals surface area (Å²) >= 11 is 1.45. The van der Waals surface area contributed by atoms with Crippen LogP contribution in [0.5, 0.6) is 0 Å². The highest BCUT2D eigenvalue weighted by Gasteiger charge is 2.33. The molecule has 0 spiro atoms. The van der Waals surface area contributed by atoms with Gasteiger partial charge in [0.25, 0.3) is 5.91 Å². The number of halogens is 3. The first-order chi connectivity index (χ1) is 12.2. The lowest BCUT2D eigenvalue weighted by atomic mass is 10.3. The molecule has 0 aliphatic rings. The molecule has 0 aliphatic heterocycles. The van der Waals surface area contributed by atoms with Gasteiger partial charge in [-0.25, -0.2) is 4.98 Å². The zero-order valence-electron chi connectivity index (χ0n) is 13.8. The van der Waals surface area contributed by atoms with E-state index in [1.807, 2.05) is 6.92 Å². The summed E-state index contributed by atoms with van der Waals surface area (Å²) in [6.07, 6.45) is -3.02. The normalized spacial score (nSPS) is 12.2. The van der Waals surface area contributed by atoms with Crippen molar-refractivity contribution < 1.29 is 27.2 Å². The number of oxime groups is 1. The standard InChI is InChI=1S/C15H17F3N4O3S/c1-10-20-11(8-26-10)5-13(19)21-25-7-14(23)22(9-15(16,17)18)6-12-3-2-4-24-12/h2-4,8H,5-7,9H2,1H3,(H2,19,21). The van der Waals surface area contributed by atoms with Gasteiger partial charge >= 0.3 is 6.18 Å². The van der Waals surface area contributed by atoms with Crippen molar-refractivity contribution in [1.29, 1.82) is 0 Å². The van der Waals surface area contributed by atoms with Gasteiger partial charge in [-0.3, -0.25) is 4.79 Å². The fraction of sp³-hybridized carbons (Fsp3) is 0.400. The minimum Gasteiger partial charge on any atom is -0.467 e. The number of hydrogen-bond donors (Lipinski definition) is 1. The first kappa shape index (κ1) is 19.8. The van der Waals surface area contributed by atoms with Crippen LogP contribution in [0.2, 0.25) is 0 Å². The van der Waals surface area contributed by atoms with Crippen LogP contribution in [0.4, 0.5) is 13.2 Å². The molecule has 2 N–H and O–H groups in total. The summed E-state index contributed by atoms with van der Waals surface area (Å²) in [7, 11) is 0. The molecule has 0 radical (unpaired) electrons. The molecule has 2 aromatic rings. The Hall–Kier alpha value is -2.56. The van der Waals surface area contributed by atoms with E-state index in [0.717, 1.165) is 5.01 Å². The summed E-state index contributed by atoms with van der Waals surface area (Å²) < 4.78 is 43.0. The Morgan fingerprint density at radius 3 is 2.85 bits per heavy atom. The van der Waals surface area contributed by atoms with E-state index in [9.17, 15) is 18.0 Å². The van der Waals surface area contributed by atoms with Crippen molar-refractivity contribution in [1.82, 2.24) is 9.88 Å². The molecule has 0 fully saturated rings. The van der Waals surface area contributed by atoms with Gasteiger partial charge in [0.15, 0.2) is 6.61 Å². The number of amidine groups is 1. The summed E-state index contributed by atoms with van der Waals surface area (Å²) in [6.45, 7) is -0.586. The molecule has 0 saturated carbocycles. The molecular weight excluding hydrogens is 373 g/mol. The summed E-state index contributed by atoms with van der Waals surface area (Å²) in [6, 6.07) is 3.00. The number of nitrogens with two attached hydrogens (primary N) is 1. The molecule has 0 aromatic carbocycles. The van der Waals surface area contributed by atoms with Crippen molar-refractivity contribution in [3.63, 3.8) is 0 Å². The maximum atomic E-state index is 12.7. The van der Waals surface area contributed by atoms with E-state index in [1.165, 1.54) is 29.7 Å². The molecule has 11 heteroatoms. The second kappa shape index (κ2) is 8.70. The lowest BCUT2D eigenvalue weighted by Crippen LogP contribution is -2.40. The average molecular weight is 390 g/mol. The zero-order chi connectivity index (χ0) is 19.2. The van der Waals surface area contributed by atoms with Crippen LogP contribution in [0.1, 0.15) is 16.5 Å². The third-order valence-electron chi connectivity index (χ3n) is 3.05. The van der Waals surface area contributed by atoms with Gasteiger partial charge in [0.05, 0.1) is 29.9 Å². The lowest BCUT2D eigenvalue weighted by molar-refractivity contribution is -0.165. The number of nitrogens with zero attached hydrogens (tertiary/aromatic N) is 3. The number of thiazole rings is 1. The number of carbonyl (C=O) groups excluding carboxylic acids is 1. The monoisotopic (exact) mass is 390 g/mol. The van der Waals surface area contributed by atoms with Gasteiger partial charge in [-0.15, -0.1) is 11.3 Å². The van der Waals surface area contributed by atoms with Gasteiger partial charge in [0.2, 0.25) is 0 Å².